The maximum absolute atomic E-state index is 5.87. The molecule has 0 saturated heterocycles. The molecule has 2 aromatic heterocycles. The van der Waals surface area contributed by atoms with Gasteiger partial charge in [-0.15, -0.1) is 0 Å². The third kappa shape index (κ3) is 2.46. The second kappa shape index (κ2) is 4.16. The van der Waals surface area contributed by atoms with E-state index in [1.807, 2.05) is 26.4 Å². The van der Waals surface area contributed by atoms with Crippen molar-refractivity contribution in [2.75, 3.05) is 20.6 Å². The number of rotatable bonds is 3. The summed E-state index contributed by atoms with van der Waals surface area (Å²) in [7, 11) is 4.07. The maximum Gasteiger partial charge on any atom is 0.157 e. The number of nitrogens with zero attached hydrogens (tertiary/aromatic N) is 4. The van der Waals surface area contributed by atoms with Crippen LogP contribution in [0.15, 0.2) is 18.3 Å². The van der Waals surface area contributed by atoms with Crippen LogP contribution in [0.2, 0.25) is 5.02 Å². The highest BCUT2D eigenvalue weighted by molar-refractivity contribution is 6.30. The lowest BCUT2D eigenvalue weighted by atomic mass is 10.4. The summed E-state index contributed by atoms with van der Waals surface area (Å²) in [5, 5.41) is 5.03. The number of pyridine rings is 1. The first kappa shape index (κ1) is 10.4. The maximum atomic E-state index is 5.87. The predicted molar refractivity (Wildman–Crippen MR) is 60.3 cm³/mol. The van der Waals surface area contributed by atoms with Gasteiger partial charge in [0.15, 0.2) is 11.5 Å². The largest absolute Gasteiger partial charge is 0.309 e. The van der Waals surface area contributed by atoms with Gasteiger partial charge in [-0.25, -0.2) is 9.50 Å². The van der Waals surface area contributed by atoms with Crippen LogP contribution in [0.5, 0.6) is 0 Å². The first-order chi connectivity index (χ1) is 7.15. The number of halogens is 1. The first-order valence-electron chi connectivity index (χ1n) is 4.81. The van der Waals surface area contributed by atoms with Gasteiger partial charge < -0.3 is 4.90 Å². The van der Waals surface area contributed by atoms with Gasteiger partial charge in [0, 0.05) is 30.3 Å². The highest BCUT2D eigenvalue weighted by atomic mass is 35.5. The van der Waals surface area contributed by atoms with Gasteiger partial charge in [0.25, 0.3) is 0 Å². The second-order valence-electron chi connectivity index (χ2n) is 3.73. The van der Waals surface area contributed by atoms with Gasteiger partial charge >= 0.3 is 0 Å². The molecule has 0 aromatic carbocycles. The molecule has 15 heavy (non-hydrogen) atoms. The second-order valence-corrected chi connectivity index (χ2v) is 4.17. The van der Waals surface area contributed by atoms with Crippen LogP contribution in [0.3, 0.4) is 0 Å². The van der Waals surface area contributed by atoms with Gasteiger partial charge in [0.2, 0.25) is 0 Å². The quantitative estimate of drug-likeness (QED) is 0.792. The Balaban J connectivity index is 2.23. The summed E-state index contributed by atoms with van der Waals surface area (Å²) in [6, 6.07) is 3.62. The number of hydrogen-bond donors (Lipinski definition) is 0. The van der Waals surface area contributed by atoms with Gasteiger partial charge in [-0.3, -0.25) is 0 Å². The molecule has 0 saturated carbocycles. The lowest BCUT2D eigenvalue weighted by Crippen LogP contribution is -2.15. The number of fused-ring (bicyclic) bond motifs is 1. The minimum atomic E-state index is 0.689. The highest BCUT2D eigenvalue weighted by Crippen LogP contribution is 2.10. The smallest absolute Gasteiger partial charge is 0.157 e. The van der Waals surface area contributed by atoms with E-state index < -0.39 is 0 Å². The van der Waals surface area contributed by atoms with Crippen LogP contribution in [-0.4, -0.2) is 40.1 Å². The van der Waals surface area contributed by atoms with Crippen LogP contribution in [0.4, 0.5) is 0 Å². The number of hydrogen-bond acceptors (Lipinski definition) is 3. The minimum absolute atomic E-state index is 0.689. The average Bonchev–Trinajstić information content (AvgIpc) is 2.56. The van der Waals surface area contributed by atoms with E-state index in [4.69, 9.17) is 11.6 Å². The van der Waals surface area contributed by atoms with Gasteiger partial charge in [-0.2, -0.15) is 5.10 Å². The van der Waals surface area contributed by atoms with Crippen molar-refractivity contribution < 1.29 is 0 Å². The Morgan fingerprint density at radius 1 is 1.47 bits per heavy atom. The molecule has 0 N–H and O–H groups in total. The molecule has 2 heterocycles. The van der Waals surface area contributed by atoms with Gasteiger partial charge in [-0.1, -0.05) is 11.6 Å². The Kier molecular flexibility index (Phi) is 2.88. The van der Waals surface area contributed by atoms with Gasteiger partial charge in [-0.05, 0) is 20.2 Å². The van der Waals surface area contributed by atoms with Crippen molar-refractivity contribution in [1.82, 2.24) is 19.5 Å². The molecular formula is C10H13ClN4. The van der Waals surface area contributed by atoms with Crippen LogP contribution < -0.4 is 0 Å². The van der Waals surface area contributed by atoms with Crippen LogP contribution in [-0.2, 0) is 6.42 Å². The highest BCUT2D eigenvalue weighted by Gasteiger charge is 2.03. The molecule has 0 aliphatic carbocycles. The van der Waals surface area contributed by atoms with E-state index in [-0.39, 0.29) is 0 Å². The van der Waals surface area contributed by atoms with Crippen molar-refractivity contribution in [3.63, 3.8) is 0 Å². The normalized spacial score (nSPS) is 11.5. The topological polar surface area (TPSA) is 33.4 Å². The fourth-order valence-corrected chi connectivity index (χ4v) is 1.49. The summed E-state index contributed by atoms with van der Waals surface area (Å²) < 4.78 is 1.75. The van der Waals surface area contributed by atoms with E-state index in [0.717, 1.165) is 24.4 Å². The van der Waals surface area contributed by atoms with Crippen LogP contribution >= 0.6 is 11.6 Å². The van der Waals surface area contributed by atoms with Crippen LogP contribution in [0, 0.1) is 0 Å². The molecule has 4 nitrogen and oxygen atoms in total. The minimum Gasteiger partial charge on any atom is -0.309 e. The summed E-state index contributed by atoms with van der Waals surface area (Å²) in [6.07, 6.45) is 2.68. The summed E-state index contributed by atoms with van der Waals surface area (Å²) >= 11 is 5.87. The molecule has 0 bridgehead atoms. The van der Waals surface area contributed by atoms with E-state index in [9.17, 15) is 0 Å². The van der Waals surface area contributed by atoms with Crippen LogP contribution in [0.25, 0.3) is 5.65 Å². The Labute approximate surface area is 93.5 Å². The summed E-state index contributed by atoms with van der Waals surface area (Å²) in [5.74, 6) is 0.853. The molecule has 0 amide bonds. The molecular weight excluding hydrogens is 212 g/mol. The fraction of sp³-hybridized carbons (Fsp3) is 0.400. The Morgan fingerprint density at radius 2 is 2.27 bits per heavy atom. The SMILES string of the molecule is CN(C)CCc1nc2cc(Cl)ccn2n1. The van der Waals surface area contributed by atoms with Gasteiger partial charge in [0.05, 0.1) is 0 Å². The molecule has 80 valence electrons. The summed E-state index contributed by atoms with van der Waals surface area (Å²) in [6.45, 7) is 0.949. The molecule has 0 spiro atoms. The lowest BCUT2D eigenvalue weighted by Gasteiger charge is -2.05. The third-order valence-electron chi connectivity index (χ3n) is 2.13. The third-order valence-corrected chi connectivity index (χ3v) is 2.36. The summed E-state index contributed by atoms with van der Waals surface area (Å²) in [5.41, 5.74) is 0.802. The van der Waals surface area contributed by atoms with Crippen molar-refractivity contribution in [1.29, 1.82) is 0 Å². The zero-order chi connectivity index (χ0) is 10.8. The zero-order valence-electron chi connectivity index (χ0n) is 8.81. The molecule has 0 aliphatic heterocycles. The molecule has 2 aromatic rings. The lowest BCUT2D eigenvalue weighted by molar-refractivity contribution is 0.409. The Morgan fingerprint density at radius 3 is 3.00 bits per heavy atom. The molecule has 0 atom stereocenters. The molecule has 0 unspecified atom stereocenters. The Bertz CT molecular complexity index is 463. The average molecular weight is 225 g/mol. The van der Waals surface area contributed by atoms with Crippen molar-refractivity contribution in [3.8, 4) is 0 Å². The van der Waals surface area contributed by atoms with E-state index in [1.165, 1.54) is 0 Å². The zero-order valence-corrected chi connectivity index (χ0v) is 9.57. The van der Waals surface area contributed by atoms with Crippen molar-refractivity contribution in [2.24, 2.45) is 0 Å². The van der Waals surface area contributed by atoms with E-state index in [2.05, 4.69) is 15.0 Å². The number of likely N-dealkylation sites (N-methyl/N-ethyl adjacent to an activating group) is 1. The molecule has 0 radical (unpaired) electrons. The summed E-state index contributed by atoms with van der Waals surface area (Å²) in [4.78, 5) is 6.50. The molecule has 5 heteroatoms. The van der Waals surface area contributed by atoms with Crippen molar-refractivity contribution in [2.45, 2.75) is 6.42 Å². The monoisotopic (exact) mass is 224 g/mol. The van der Waals surface area contributed by atoms with E-state index >= 15 is 0 Å². The van der Waals surface area contributed by atoms with Gasteiger partial charge in [0.1, 0.15) is 0 Å². The van der Waals surface area contributed by atoms with Crippen molar-refractivity contribution >= 4 is 17.2 Å². The van der Waals surface area contributed by atoms with E-state index in [1.54, 1.807) is 10.6 Å². The standard InChI is InChI=1S/C10H13ClN4/c1-14(2)5-4-9-12-10-7-8(11)3-6-15(10)13-9/h3,6-7H,4-5H2,1-2H3. The molecule has 0 fully saturated rings. The van der Waals surface area contributed by atoms with Crippen LogP contribution in [0.1, 0.15) is 5.82 Å². The molecule has 0 aliphatic rings. The first-order valence-corrected chi connectivity index (χ1v) is 5.18. The number of aromatic nitrogens is 3. The molecule has 2 rings (SSSR count). The predicted octanol–water partition coefficient (Wildman–Crippen LogP) is 1.49. The van der Waals surface area contributed by atoms with E-state index in [0.29, 0.717) is 5.02 Å². The Hall–Kier alpha value is -1.13. The van der Waals surface area contributed by atoms with Crippen molar-refractivity contribution in [3.05, 3.63) is 29.2 Å². The fourth-order valence-electron chi connectivity index (χ4n) is 1.33.